The highest BCUT2D eigenvalue weighted by Crippen LogP contribution is 2.32. The lowest BCUT2D eigenvalue weighted by Gasteiger charge is -2.12. The summed E-state index contributed by atoms with van der Waals surface area (Å²) in [5.41, 5.74) is 1.15. The zero-order valence-electron chi connectivity index (χ0n) is 18.4. The number of sulfone groups is 1. The van der Waals surface area contributed by atoms with Gasteiger partial charge in [0.05, 0.1) is 10.5 Å². The smallest absolute Gasteiger partial charge is 0.254 e. The van der Waals surface area contributed by atoms with Gasteiger partial charge in [0.25, 0.3) is 5.91 Å². The van der Waals surface area contributed by atoms with Crippen LogP contribution in [-0.2, 0) is 16.4 Å². The highest BCUT2D eigenvalue weighted by molar-refractivity contribution is 7.91. The number of fused-ring (bicyclic) bond motifs is 1. The van der Waals surface area contributed by atoms with Crippen molar-refractivity contribution < 1.29 is 17.9 Å². The van der Waals surface area contributed by atoms with Gasteiger partial charge in [0.15, 0.2) is 0 Å². The summed E-state index contributed by atoms with van der Waals surface area (Å²) in [5.74, 6) is 1.01. The fraction of sp³-hybridized carbons (Fsp3) is 0.0385. The molecule has 9 heteroatoms. The lowest BCUT2D eigenvalue weighted by Crippen LogP contribution is -2.23. The molecule has 174 valence electrons. The average molecular weight is 485 g/mol. The molecule has 0 saturated heterocycles. The van der Waals surface area contributed by atoms with Gasteiger partial charge in [0, 0.05) is 31.3 Å². The normalized spacial score (nSPS) is 11.3. The van der Waals surface area contributed by atoms with Crippen LogP contribution in [0.5, 0.6) is 11.5 Å². The van der Waals surface area contributed by atoms with E-state index in [1.807, 2.05) is 18.2 Å². The van der Waals surface area contributed by atoms with E-state index in [0.29, 0.717) is 17.1 Å². The molecule has 0 unspecified atom stereocenters. The van der Waals surface area contributed by atoms with Crippen LogP contribution in [0.4, 0.5) is 0 Å². The zero-order valence-corrected chi connectivity index (χ0v) is 19.2. The first kappa shape index (κ1) is 22.3. The van der Waals surface area contributed by atoms with Crippen molar-refractivity contribution in [3.05, 3.63) is 115 Å². The number of benzene rings is 3. The van der Waals surface area contributed by atoms with Gasteiger partial charge in [-0.15, -0.1) is 0 Å². The summed E-state index contributed by atoms with van der Waals surface area (Å²) in [6.45, 7) is 0.231. The van der Waals surface area contributed by atoms with E-state index in [9.17, 15) is 13.2 Å². The van der Waals surface area contributed by atoms with E-state index in [1.54, 1.807) is 65.5 Å². The zero-order chi connectivity index (χ0) is 24.3. The number of ether oxygens (including phenoxy) is 1. The van der Waals surface area contributed by atoms with Gasteiger partial charge in [-0.2, -0.15) is 0 Å². The molecule has 0 bridgehead atoms. The Morgan fingerprint density at radius 3 is 2.46 bits per heavy atom. The van der Waals surface area contributed by atoms with Crippen molar-refractivity contribution in [2.24, 2.45) is 0 Å². The van der Waals surface area contributed by atoms with Crippen LogP contribution in [0.1, 0.15) is 15.9 Å². The number of carbonyl (C=O) groups is 1. The third kappa shape index (κ3) is 4.75. The maximum atomic E-state index is 13.3. The molecule has 0 aliphatic rings. The van der Waals surface area contributed by atoms with E-state index in [2.05, 4.69) is 15.3 Å². The summed E-state index contributed by atoms with van der Waals surface area (Å²) >= 11 is 0. The summed E-state index contributed by atoms with van der Waals surface area (Å²) in [4.78, 5) is 20.9. The lowest BCUT2D eigenvalue weighted by atomic mass is 10.2. The minimum Gasteiger partial charge on any atom is -0.456 e. The van der Waals surface area contributed by atoms with E-state index >= 15 is 0 Å². The largest absolute Gasteiger partial charge is 0.456 e. The van der Waals surface area contributed by atoms with Gasteiger partial charge in [0.2, 0.25) is 15.6 Å². The molecule has 35 heavy (non-hydrogen) atoms. The minimum atomic E-state index is -3.83. The maximum Gasteiger partial charge on any atom is 0.254 e. The number of rotatable bonds is 7. The molecule has 5 aromatic rings. The monoisotopic (exact) mass is 484 g/mol. The predicted molar refractivity (Wildman–Crippen MR) is 129 cm³/mol. The number of nitrogens with zero attached hydrogens (tertiary/aromatic N) is 3. The molecule has 5 rings (SSSR count). The minimum absolute atomic E-state index is 0.0762. The Balaban J connectivity index is 1.30. The second kappa shape index (κ2) is 9.40. The Morgan fingerprint density at radius 2 is 1.66 bits per heavy atom. The van der Waals surface area contributed by atoms with Crippen molar-refractivity contribution >= 4 is 21.5 Å². The van der Waals surface area contributed by atoms with Crippen molar-refractivity contribution in [3.63, 3.8) is 0 Å². The number of amides is 1. The molecule has 0 radical (unpaired) electrons. The van der Waals surface area contributed by atoms with E-state index in [1.165, 1.54) is 24.4 Å². The van der Waals surface area contributed by atoms with E-state index in [-0.39, 0.29) is 28.0 Å². The Kier molecular flexibility index (Phi) is 5.99. The number of para-hydroxylation sites is 2. The fourth-order valence-electron chi connectivity index (χ4n) is 3.50. The third-order valence-electron chi connectivity index (χ3n) is 5.30. The topological polar surface area (TPSA) is 103 Å². The molecular weight excluding hydrogens is 464 g/mol. The van der Waals surface area contributed by atoms with E-state index < -0.39 is 9.84 Å². The fourth-order valence-corrected chi connectivity index (χ4v) is 4.88. The molecule has 2 aromatic heterocycles. The van der Waals surface area contributed by atoms with Crippen LogP contribution in [-0.4, -0.2) is 28.7 Å². The van der Waals surface area contributed by atoms with Crippen LogP contribution in [0, 0.1) is 0 Å². The van der Waals surface area contributed by atoms with Crippen molar-refractivity contribution in [2.75, 3.05) is 0 Å². The first-order chi connectivity index (χ1) is 17.0. The highest BCUT2D eigenvalue weighted by atomic mass is 32.2. The number of imidazole rings is 1. The number of hydrogen-bond donors (Lipinski definition) is 1. The second-order valence-electron chi connectivity index (χ2n) is 7.67. The molecule has 0 aliphatic heterocycles. The molecule has 3 aromatic carbocycles. The van der Waals surface area contributed by atoms with Crippen LogP contribution < -0.4 is 10.1 Å². The first-order valence-electron chi connectivity index (χ1n) is 10.7. The molecule has 0 aliphatic carbocycles. The Bertz CT molecular complexity index is 1600. The summed E-state index contributed by atoms with van der Waals surface area (Å²) in [6.07, 6.45) is 6.42. The van der Waals surface area contributed by atoms with Gasteiger partial charge in [-0.25, -0.2) is 18.4 Å². The summed E-state index contributed by atoms with van der Waals surface area (Å²) < 4.78 is 34.1. The van der Waals surface area contributed by atoms with Crippen molar-refractivity contribution in [2.45, 2.75) is 16.3 Å². The van der Waals surface area contributed by atoms with Crippen LogP contribution >= 0.6 is 0 Å². The van der Waals surface area contributed by atoms with Gasteiger partial charge >= 0.3 is 0 Å². The summed E-state index contributed by atoms with van der Waals surface area (Å²) in [6, 6.07) is 21.9. The molecular formula is C26H20N4O4S. The molecule has 1 N–H and O–H groups in total. The molecule has 8 nitrogen and oxygen atoms in total. The Labute approximate surface area is 201 Å². The van der Waals surface area contributed by atoms with Crippen molar-refractivity contribution in [1.82, 2.24) is 19.7 Å². The predicted octanol–water partition coefficient (Wildman–Crippen LogP) is 4.28. The molecule has 0 atom stereocenters. The lowest BCUT2D eigenvalue weighted by molar-refractivity contribution is 0.0950. The number of carbonyl (C=O) groups excluding carboxylic acids is 1. The molecule has 2 heterocycles. The van der Waals surface area contributed by atoms with Crippen LogP contribution in [0.2, 0.25) is 0 Å². The average Bonchev–Trinajstić information content (AvgIpc) is 3.36. The van der Waals surface area contributed by atoms with E-state index in [4.69, 9.17) is 4.74 Å². The van der Waals surface area contributed by atoms with Crippen LogP contribution in [0.3, 0.4) is 0 Å². The SMILES string of the molecule is O=C(NCc1ccc(S(=O)(=O)c2ccccc2Oc2ccccc2)cc1)c1cnc2nccn2c1. The molecule has 0 spiro atoms. The van der Waals surface area contributed by atoms with E-state index in [0.717, 1.165) is 5.56 Å². The van der Waals surface area contributed by atoms with Crippen LogP contribution in [0.25, 0.3) is 5.78 Å². The Hall–Kier alpha value is -4.50. The van der Waals surface area contributed by atoms with Gasteiger partial charge in [0.1, 0.15) is 16.4 Å². The van der Waals surface area contributed by atoms with Gasteiger partial charge in [-0.3, -0.25) is 9.20 Å². The third-order valence-corrected chi connectivity index (χ3v) is 7.11. The number of nitrogens with one attached hydrogen (secondary N) is 1. The summed E-state index contributed by atoms with van der Waals surface area (Å²) in [7, 11) is -3.83. The summed E-state index contributed by atoms with van der Waals surface area (Å²) in [5, 5.41) is 2.82. The van der Waals surface area contributed by atoms with Crippen LogP contribution in [0.15, 0.2) is 113 Å². The van der Waals surface area contributed by atoms with Gasteiger partial charge in [-0.05, 0) is 42.0 Å². The molecule has 0 fully saturated rings. The highest BCUT2D eigenvalue weighted by Gasteiger charge is 2.22. The van der Waals surface area contributed by atoms with Crippen molar-refractivity contribution in [1.29, 1.82) is 0 Å². The maximum absolute atomic E-state index is 13.3. The Morgan fingerprint density at radius 1 is 0.914 bits per heavy atom. The number of hydrogen-bond acceptors (Lipinski definition) is 6. The van der Waals surface area contributed by atoms with Crippen molar-refractivity contribution in [3.8, 4) is 11.5 Å². The molecule has 0 saturated carbocycles. The quantitative estimate of drug-likeness (QED) is 0.370. The van der Waals surface area contributed by atoms with Gasteiger partial charge in [-0.1, -0.05) is 42.5 Å². The molecule has 1 amide bonds. The number of aromatic nitrogens is 3. The first-order valence-corrected chi connectivity index (χ1v) is 12.2. The van der Waals surface area contributed by atoms with Gasteiger partial charge < -0.3 is 10.1 Å². The standard InChI is InChI=1S/C26H20N4O4S/c31-25(20-17-29-26-27-14-15-30(26)18-20)28-16-19-10-12-22(13-11-19)35(32,33)24-9-5-4-8-23(24)34-21-6-2-1-3-7-21/h1-15,17-18H,16H2,(H,28,31). The second-order valence-corrected chi connectivity index (χ2v) is 9.59.